The van der Waals surface area contributed by atoms with Crippen LogP contribution in [0.5, 0.6) is 0 Å². The molecular formula is C19H17BrN4O. The molecule has 25 heavy (non-hydrogen) atoms. The standard InChI is InChI=1S/C13H12N2.C6H5BrN2O/c1-2-5-11-10(4-1)12-8-14-9-15(12)13(11)6-3-7-13;7-5-4(6(8)10)2-1-3-9-5/h1-2,4-5,8-9H,3,6-7H2;1-3H,(H2,8,10). The molecule has 1 saturated carbocycles. The lowest BCUT2D eigenvalue weighted by atomic mass is 9.72. The van der Waals surface area contributed by atoms with Crippen LogP contribution in [-0.2, 0) is 5.54 Å². The Morgan fingerprint density at radius 2 is 2.00 bits per heavy atom. The van der Waals surface area contributed by atoms with Gasteiger partial charge in [0, 0.05) is 11.8 Å². The molecule has 2 N–H and O–H groups in total. The zero-order valence-electron chi connectivity index (χ0n) is 13.5. The number of fused-ring (bicyclic) bond motifs is 5. The van der Waals surface area contributed by atoms with E-state index in [0.717, 1.165) is 0 Å². The van der Waals surface area contributed by atoms with Gasteiger partial charge in [-0.2, -0.15) is 0 Å². The zero-order valence-corrected chi connectivity index (χ0v) is 15.1. The maximum absolute atomic E-state index is 10.6. The highest BCUT2D eigenvalue weighted by Crippen LogP contribution is 2.53. The molecule has 1 fully saturated rings. The zero-order chi connectivity index (χ0) is 17.4. The third-order valence-electron chi connectivity index (χ3n) is 5.01. The van der Waals surface area contributed by atoms with Crippen molar-refractivity contribution in [2.75, 3.05) is 0 Å². The maximum atomic E-state index is 10.6. The number of aromatic nitrogens is 3. The summed E-state index contributed by atoms with van der Waals surface area (Å²) in [5, 5.41) is 0. The second-order valence-corrected chi connectivity index (χ2v) is 7.04. The molecule has 3 heterocycles. The largest absolute Gasteiger partial charge is 0.366 e. The van der Waals surface area contributed by atoms with Crippen molar-refractivity contribution in [3.05, 3.63) is 70.8 Å². The van der Waals surface area contributed by atoms with Gasteiger partial charge < -0.3 is 10.3 Å². The summed E-state index contributed by atoms with van der Waals surface area (Å²) in [5.74, 6) is -0.472. The topological polar surface area (TPSA) is 73.8 Å². The average molecular weight is 397 g/mol. The van der Waals surface area contributed by atoms with E-state index in [1.807, 2.05) is 12.5 Å². The van der Waals surface area contributed by atoms with E-state index in [9.17, 15) is 4.79 Å². The number of primary amides is 1. The molecule has 126 valence electrons. The summed E-state index contributed by atoms with van der Waals surface area (Å²) in [5.41, 5.74) is 9.87. The van der Waals surface area contributed by atoms with E-state index in [0.29, 0.717) is 10.2 Å². The van der Waals surface area contributed by atoms with Gasteiger partial charge in [0.15, 0.2) is 0 Å². The van der Waals surface area contributed by atoms with Crippen LogP contribution >= 0.6 is 15.9 Å². The lowest BCUT2D eigenvalue weighted by Crippen LogP contribution is -2.38. The number of amides is 1. The van der Waals surface area contributed by atoms with Crippen LogP contribution in [0.1, 0.15) is 35.2 Å². The van der Waals surface area contributed by atoms with Gasteiger partial charge in [-0.05, 0) is 52.9 Å². The molecule has 0 radical (unpaired) electrons. The summed E-state index contributed by atoms with van der Waals surface area (Å²) in [6, 6.07) is 12.0. The Morgan fingerprint density at radius 3 is 2.64 bits per heavy atom. The van der Waals surface area contributed by atoms with Crippen LogP contribution in [0.15, 0.2) is 59.7 Å². The molecule has 0 saturated heterocycles. The lowest BCUT2D eigenvalue weighted by molar-refractivity contribution is 0.0999. The Hall–Kier alpha value is -2.47. The van der Waals surface area contributed by atoms with Crippen LogP contribution in [0.25, 0.3) is 11.3 Å². The van der Waals surface area contributed by atoms with Gasteiger partial charge in [0.2, 0.25) is 0 Å². The van der Waals surface area contributed by atoms with Crippen LogP contribution in [0, 0.1) is 0 Å². The first-order valence-electron chi connectivity index (χ1n) is 8.16. The first-order valence-corrected chi connectivity index (χ1v) is 8.96. The van der Waals surface area contributed by atoms with Gasteiger partial charge in [0.05, 0.1) is 29.3 Å². The number of nitrogens with two attached hydrogens (primary N) is 1. The fourth-order valence-corrected chi connectivity index (χ4v) is 4.11. The van der Waals surface area contributed by atoms with Gasteiger partial charge in [0.1, 0.15) is 4.60 Å². The van der Waals surface area contributed by atoms with Crippen molar-refractivity contribution in [3.63, 3.8) is 0 Å². The van der Waals surface area contributed by atoms with Crippen LogP contribution in [0.4, 0.5) is 0 Å². The van der Waals surface area contributed by atoms with Gasteiger partial charge >= 0.3 is 0 Å². The second kappa shape index (κ2) is 6.11. The molecular weight excluding hydrogens is 380 g/mol. The number of pyridine rings is 1. The Bertz CT molecular complexity index is 946. The van der Waals surface area contributed by atoms with Gasteiger partial charge in [-0.1, -0.05) is 24.3 Å². The lowest BCUT2D eigenvalue weighted by Gasteiger charge is -2.41. The minimum absolute atomic E-state index is 0.266. The van der Waals surface area contributed by atoms with Crippen LogP contribution < -0.4 is 5.73 Å². The Balaban J connectivity index is 0.000000138. The average Bonchev–Trinajstić information content (AvgIpc) is 3.14. The number of carbonyl (C=O) groups is 1. The highest BCUT2D eigenvalue weighted by atomic mass is 79.9. The van der Waals surface area contributed by atoms with Gasteiger partial charge in [-0.3, -0.25) is 4.79 Å². The highest BCUT2D eigenvalue weighted by molar-refractivity contribution is 9.10. The Morgan fingerprint density at radius 1 is 1.20 bits per heavy atom. The van der Waals surface area contributed by atoms with E-state index < -0.39 is 5.91 Å². The SMILES string of the molecule is NC(=O)c1cccnc1Br.c1ccc2c(c1)-c1cncn1C21CCC1. The third kappa shape index (κ3) is 2.48. The quantitative estimate of drug-likeness (QED) is 0.636. The molecule has 1 spiro atoms. The molecule has 2 aromatic heterocycles. The van der Waals surface area contributed by atoms with E-state index in [1.54, 1.807) is 18.3 Å². The number of hydrogen-bond donors (Lipinski definition) is 1. The number of rotatable bonds is 1. The van der Waals surface area contributed by atoms with Gasteiger partial charge in [0.25, 0.3) is 5.91 Å². The van der Waals surface area contributed by atoms with Crippen LogP contribution in [0.2, 0.25) is 0 Å². The number of imidazole rings is 1. The molecule has 6 heteroatoms. The fraction of sp³-hybridized carbons (Fsp3) is 0.211. The summed E-state index contributed by atoms with van der Waals surface area (Å²) in [4.78, 5) is 18.7. The van der Waals surface area contributed by atoms with Crippen LogP contribution in [-0.4, -0.2) is 20.4 Å². The number of nitrogens with zero attached hydrogens (tertiary/aromatic N) is 3. The van der Waals surface area contributed by atoms with Crippen LogP contribution in [0.3, 0.4) is 0 Å². The molecule has 1 aromatic carbocycles. The summed E-state index contributed by atoms with van der Waals surface area (Å²) < 4.78 is 2.86. The van der Waals surface area contributed by atoms with Crippen molar-refractivity contribution in [3.8, 4) is 11.3 Å². The summed E-state index contributed by atoms with van der Waals surface area (Å²) >= 11 is 3.08. The molecule has 3 aromatic rings. The highest BCUT2D eigenvalue weighted by Gasteiger charge is 2.46. The third-order valence-corrected chi connectivity index (χ3v) is 5.64. The normalized spacial score (nSPS) is 15.6. The van der Waals surface area contributed by atoms with Crippen molar-refractivity contribution < 1.29 is 4.79 Å². The van der Waals surface area contributed by atoms with Gasteiger partial charge in [-0.25, -0.2) is 9.97 Å². The van der Waals surface area contributed by atoms with E-state index in [-0.39, 0.29) is 5.54 Å². The maximum Gasteiger partial charge on any atom is 0.251 e. The van der Waals surface area contributed by atoms with E-state index in [2.05, 4.69) is 54.7 Å². The van der Waals surface area contributed by atoms with Crippen molar-refractivity contribution in [1.82, 2.24) is 14.5 Å². The summed E-state index contributed by atoms with van der Waals surface area (Å²) in [6.45, 7) is 0. The van der Waals surface area contributed by atoms with E-state index in [4.69, 9.17) is 5.73 Å². The molecule has 2 aliphatic rings. The van der Waals surface area contributed by atoms with E-state index in [1.165, 1.54) is 36.1 Å². The smallest absolute Gasteiger partial charge is 0.251 e. The number of benzene rings is 1. The molecule has 0 atom stereocenters. The number of carbonyl (C=O) groups excluding carboxylic acids is 1. The molecule has 5 nitrogen and oxygen atoms in total. The summed E-state index contributed by atoms with van der Waals surface area (Å²) in [6.07, 6.45) is 9.45. The first kappa shape index (κ1) is 16.0. The number of hydrogen-bond acceptors (Lipinski definition) is 3. The van der Waals surface area contributed by atoms with Crippen molar-refractivity contribution >= 4 is 21.8 Å². The predicted octanol–water partition coefficient (Wildman–Crippen LogP) is 3.73. The summed E-state index contributed by atoms with van der Waals surface area (Å²) in [7, 11) is 0. The minimum Gasteiger partial charge on any atom is -0.366 e. The Kier molecular flexibility index (Phi) is 3.92. The molecule has 0 bridgehead atoms. The Labute approximate surface area is 154 Å². The first-order chi connectivity index (χ1) is 12.1. The fourth-order valence-electron chi connectivity index (χ4n) is 3.67. The van der Waals surface area contributed by atoms with Gasteiger partial charge in [-0.15, -0.1) is 0 Å². The number of halogens is 1. The molecule has 5 rings (SSSR count). The minimum atomic E-state index is -0.472. The van der Waals surface area contributed by atoms with Crippen molar-refractivity contribution in [2.24, 2.45) is 5.73 Å². The molecule has 1 aliphatic heterocycles. The monoisotopic (exact) mass is 396 g/mol. The molecule has 0 unspecified atom stereocenters. The van der Waals surface area contributed by atoms with E-state index >= 15 is 0 Å². The predicted molar refractivity (Wildman–Crippen MR) is 99.0 cm³/mol. The molecule has 1 amide bonds. The van der Waals surface area contributed by atoms with Crippen molar-refractivity contribution in [2.45, 2.75) is 24.8 Å². The second-order valence-electron chi connectivity index (χ2n) is 6.29. The van der Waals surface area contributed by atoms with Crippen molar-refractivity contribution in [1.29, 1.82) is 0 Å². The molecule has 1 aliphatic carbocycles.